The molecule has 9 heavy (non-hydrogen) atoms. The maximum atomic E-state index is 3.89. The van der Waals surface area contributed by atoms with E-state index in [0.717, 1.165) is 5.69 Å². The monoisotopic (exact) mass is 122 g/mol. The van der Waals surface area contributed by atoms with Crippen LogP contribution in [0.15, 0.2) is 25.2 Å². The van der Waals surface area contributed by atoms with Crippen molar-refractivity contribution in [3.05, 3.63) is 30.9 Å². The fraction of sp³-hybridized carbons (Fsp3) is 0.286. The molecule has 0 aliphatic carbocycles. The second-order valence-corrected chi connectivity index (χ2v) is 2.03. The van der Waals surface area contributed by atoms with E-state index in [0.29, 0.717) is 5.92 Å². The molecule has 0 aliphatic heterocycles. The minimum Gasteiger partial charge on any atom is -0.348 e. The van der Waals surface area contributed by atoms with Gasteiger partial charge < -0.3 is 4.98 Å². The maximum absolute atomic E-state index is 3.89. The third kappa shape index (κ3) is 1.19. The van der Waals surface area contributed by atoms with E-state index >= 15 is 0 Å². The van der Waals surface area contributed by atoms with Gasteiger partial charge in [-0.25, -0.2) is 4.98 Å². The first-order valence-electron chi connectivity index (χ1n) is 2.95. The molecule has 48 valence electrons. The van der Waals surface area contributed by atoms with Gasteiger partial charge in [-0.1, -0.05) is 13.0 Å². The number of nitrogens with zero attached hydrogens (tertiary/aromatic N) is 1. The van der Waals surface area contributed by atoms with Gasteiger partial charge in [0, 0.05) is 17.8 Å². The van der Waals surface area contributed by atoms with Gasteiger partial charge in [0.15, 0.2) is 0 Å². The molecule has 0 bridgehead atoms. The zero-order valence-electron chi connectivity index (χ0n) is 5.46. The summed E-state index contributed by atoms with van der Waals surface area (Å²) in [6, 6.07) is 0. The quantitative estimate of drug-likeness (QED) is 0.594. The average molecular weight is 122 g/mol. The SMILES string of the molecule is C=CC(C)c1cnc[nH]1. The molecule has 0 aromatic carbocycles. The largest absolute Gasteiger partial charge is 0.348 e. The van der Waals surface area contributed by atoms with E-state index in [2.05, 4.69) is 23.5 Å². The van der Waals surface area contributed by atoms with Crippen LogP contribution >= 0.6 is 0 Å². The molecular formula is C7H10N2. The van der Waals surface area contributed by atoms with Crippen LogP contribution in [0.4, 0.5) is 0 Å². The van der Waals surface area contributed by atoms with Crippen molar-refractivity contribution in [3.8, 4) is 0 Å². The van der Waals surface area contributed by atoms with Crippen molar-refractivity contribution < 1.29 is 0 Å². The Morgan fingerprint density at radius 3 is 3.11 bits per heavy atom. The molecule has 0 amide bonds. The third-order valence-corrected chi connectivity index (χ3v) is 1.36. The molecule has 1 aromatic heterocycles. The van der Waals surface area contributed by atoms with Crippen LogP contribution < -0.4 is 0 Å². The number of rotatable bonds is 2. The second-order valence-electron chi connectivity index (χ2n) is 2.03. The number of nitrogens with one attached hydrogen (secondary N) is 1. The summed E-state index contributed by atoms with van der Waals surface area (Å²) in [6.45, 7) is 5.74. The highest BCUT2D eigenvalue weighted by molar-refractivity contribution is 5.07. The van der Waals surface area contributed by atoms with E-state index in [9.17, 15) is 0 Å². The van der Waals surface area contributed by atoms with Crippen molar-refractivity contribution >= 4 is 0 Å². The molecule has 0 radical (unpaired) electrons. The Kier molecular flexibility index (Phi) is 1.68. The zero-order chi connectivity index (χ0) is 6.69. The highest BCUT2D eigenvalue weighted by Gasteiger charge is 1.98. The predicted octanol–water partition coefficient (Wildman–Crippen LogP) is 1.70. The number of hydrogen-bond acceptors (Lipinski definition) is 1. The molecule has 2 nitrogen and oxygen atoms in total. The lowest BCUT2D eigenvalue weighted by Gasteiger charge is -1.98. The molecule has 1 unspecified atom stereocenters. The van der Waals surface area contributed by atoms with Crippen LogP contribution in [-0.4, -0.2) is 9.97 Å². The Labute approximate surface area is 54.6 Å². The van der Waals surface area contributed by atoms with Gasteiger partial charge in [-0.3, -0.25) is 0 Å². The fourth-order valence-electron chi connectivity index (χ4n) is 0.643. The highest BCUT2D eigenvalue weighted by Crippen LogP contribution is 2.10. The molecule has 0 saturated carbocycles. The van der Waals surface area contributed by atoms with Gasteiger partial charge >= 0.3 is 0 Å². The van der Waals surface area contributed by atoms with Crippen molar-refractivity contribution in [2.45, 2.75) is 12.8 Å². The Bertz CT molecular complexity index is 177. The smallest absolute Gasteiger partial charge is 0.0921 e. The average Bonchev–Trinajstić information content (AvgIpc) is 2.37. The molecule has 2 heteroatoms. The minimum atomic E-state index is 0.382. The molecule has 1 rings (SSSR count). The summed E-state index contributed by atoms with van der Waals surface area (Å²) < 4.78 is 0. The van der Waals surface area contributed by atoms with Gasteiger partial charge in [0.1, 0.15) is 0 Å². The summed E-state index contributed by atoms with van der Waals surface area (Å²) in [7, 11) is 0. The number of H-pyrrole nitrogens is 1. The summed E-state index contributed by atoms with van der Waals surface area (Å²) in [6.07, 6.45) is 5.37. The Balaban J connectivity index is 2.76. The van der Waals surface area contributed by atoms with Gasteiger partial charge in [0.05, 0.1) is 6.33 Å². The Morgan fingerprint density at radius 2 is 2.67 bits per heavy atom. The van der Waals surface area contributed by atoms with Gasteiger partial charge in [-0.15, -0.1) is 6.58 Å². The van der Waals surface area contributed by atoms with Crippen LogP contribution in [0, 0.1) is 0 Å². The topological polar surface area (TPSA) is 28.7 Å². The third-order valence-electron chi connectivity index (χ3n) is 1.36. The molecule has 1 N–H and O–H groups in total. The van der Waals surface area contributed by atoms with Gasteiger partial charge in [-0.2, -0.15) is 0 Å². The molecule has 1 heterocycles. The molecule has 0 saturated heterocycles. The molecular weight excluding hydrogens is 112 g/mol. The first kappa shape index (κ1) is 6.08. The van der Waals surface area contributed by atoms with Crippen LogP contribution in [0.25, 0.3) is 0 Å². The summed E-state index contributed by atoms with van der Waals surface area (Å²) in [4.78, 5) is 6.89. The number of allylic oxidation sites excluding steroid dienone is 1. The zero-order valence-corrected chi connectivity index (χ0v) is 5.46. The number of imidazole rings is 1. The first-order valence-corrected chi connectivity index (χ1v) is 2.95. The maximum Gasteiger partial charge on any atom is 0.0921 e. The van der Waals surface area contributed by atoms with Crippen molar-refractivity contribution in [3.63, 3.8) is 0 Å². The molecule has 1 aromatic rings. The molecule has 1 atom stereocenters. The van der Waals surface area contributed by atoms with Crippen molar-refractivity contribution in [1.29, 1.82) is 0 Å². The van der Waals surface area contributed by atoms with Crippen molar-refractivity contribution in [2.24, 2.45) is 0 Å². The summed E-state index contributed by atoms with van der Waals surface area (Å²) >= 11 is 0. The number of aromatic amines is 1. The standard InChI is InChI=1S/C7H10N2/c1-3-6(2)7-4-8-5-9-7/h3-6H,1H2,2H3,(H,8,9). The number of aromatic nitrogens is 2. The van der Waals surface area contributed by atoms with E-state index in [4.69, 9.17) is 0 Å². The minimum absolute atomic E-state index is 0.382. The van der Waals surface area contributed by atoms with Gasteiger partial charge in [0.25, 0.3) is 0 Å². The lowest BCUT2D eigenvalue weighted by Crippen LogP contribution is -1.86. The number of hydrogen-bond donors (Lipinski definition) is 1. The fourth-order valence-corrected chi connectivity index (χ4v) is 0.643. The van der Waals surface area contributed by atoms with E-state index < -0.39 is 0 Å². The molecule has 0 spiro atoms. The highest BCUT2D eigenvalue weighted by atomic mass is 14.9. The van der Waals surface area contributed by atoms with E-state index in [1.54, 1.807) is 6.33 Å². The van der Waals surface area contributed by atoms with Crippen LogP contribution in [0.1, 0.15) is 18.5 Å². The van der Waals surface area contributed by atoms with Crippen LogP contribution in [0.5, 0.6) is 0 Å². The summed E-state index contributed by atoms with van der Waals surface area (Å²) in [5.74, 6) is 0.382. The Morgan fingerprint density at radius 1 is 1.89 bits per heavy atom. The van der Waals surface area contributed by atoms with E-state index in [-0.39, 0.29) is 0 Å². The lowest BCUT2D eigenvalue weighted by molar-refractivity contribution is 0.924. The van der Waals surface area contributed by atoms with Crippen LogP contribution in [0.3, 0.4) is 0 Å². The van der Waals surface area contributed by atoms with E-state index in [1.807, 2.05) is 12.3 Å². The first-order chi connectivity index (χ1) is 4.34. The van der Waals surface area contributed by atoms with Crippen LogP contribution in [0.2, 0.25) is 0 Å². The summed E-state index contributed by atoms with van der Waals surface area (Å²) in [5.41, 5.74) is 1.12. The van der Waals surface area contributed by atoms with E-state index in [1.165, 1.54) is 0 Å². The molecule has 0 fully saturated rings. The predicted molar refractivity (Wildman–Crippen MR) is 37.2 cm³/mol. The van der Waals surface area contributed by atoms with Crippen molar-refractivity contribution in [1.82, 2.24) is 9.97 Å². The van der Waals surface area contributed by atoms with Crippen molar-refractivity contribution in [2.75, 3.05) is 0 Å². The lowest BCUT2D eigenvalue weighted by atomic mass is 10.1. The summed E-state index contributed by atoms with van der Waals surface area (Å²) in [5, 5.41) is 0. The molecule has 0 aliphatic rings. The second kappa shape index (κ2) is 2.49. The van der Waals surface area contributed by atoms with Gasteiger partial charge in [-0.05, 0) is 0 Å². The Hall–Kier alpha value is -1.05. The van der Waals surface area contributed by atoms with Crippen LogP contribution in [-0.2, 0) is 0 Å². The normalized spacial score (nSPS) is 13.0. The van der Waals surface area contributed by atoms with Gasteiger partial charge in [0.2, 0.25) is 0 Å².